The van der Waals surface area contributed by atoms with Crippen molar-refractivity contribution in [3.63, 3.8) is 0 Å². The van der Waals surface area contributed by atoms with Gasteiger partial charge in [-0.2, -0.15) is 5.10 Å². The second-order valence-corrected chi connectivity index (χ2v) is 7.02. The number of amides is 1. The lowest BCUT2D eigenvalue weighted by atomic mass is 9.98. The molecule has 3 rings (SSSR count). The Morgan fingerprint density at radius 3 is 2.44 bits per heavy atom. The molecule has 4 nitrogen and oxygen atoms in total. The van der Waals surface area contributed by atoms with Gasteiger partial charge in [0.2, 0.25) is 5.91 Å². The van der Waals surface area contributed by atoms with Crippen LogP contribution in [0.5, 0.6) is 0 Å². The number of aryl methyl sites for hydroxylation is 1. The van der Waals surface area contributed by atoms with Crippen molar-refractivity contribution in [2.45, 2.75) is 32.6 Å². The van der Waals surface area contributed by atoms with Gasteiger partial charge in [0.15, 0.2) is 0 Å². The molecular formula is C23H27N3O. The zero-order chi connectivity index (χ0) is 18.9. The van der Waals surface area contributed by atoms with Crippen LogP contribution in [0.15, 0.2) is 72.9 Å². The first-order chi connectivity index (χ1) is 13.2. The second kappa shape index (κ2) is 9.72. The fraction of sp³-hybridized carbons (Fsp3) is 0.304. The Balaban J connectivity index is 1.36. The largest absolute Gasteiger partial charge is 0.356 e. The fourth-order valence-corrected chi connectivity index (χ4v) is 3.10. The maximum Gasteiger partial charge on any atom is 0.220 e. The van der Waals surface area contributed by atoms with Crippen LogP contribution < -0.4 is 5.32 Å². The highest BCUT2D eigenvalue weighted by atomic mass is 16.1. The zero-order valence-corrected chi connectivity index (χ0v) is 15.8. The fourth-order valence-electron chi connectivity index (χ4n) is 3.10. The molecule has 2 aromatic carbocycles. The van der Waals surface area contributed by atoms with E-state index in [2.05, 4.69) is 41.6 Å². The number of hydrogen-bond acceptors (Lipinski definition) is 2. The molecule has 1 aromatic heterocycles. The molecule has 1 unspecified atom stereocenters. The van der Waals surface area contributed by atoms with Crippen LogP contribution in [0, 0.1) is 5.92 Å². The smallest absolute Gasteiger partial charge is 0.220 e. The summed E-state index contributed by atoms with van der Waals surface area (Å²) in [6, 6.07) is 22.5. The summed E-state index contributed by atoms with van der Waals surface area (Å²) >= 11 is 0. The van der Waals surface area contributed by atoms with Crippen molar-refractivity contribution >= 4 is 5.91 Å². The average molecular weight is 361 g/mol. The summed E-state index contributed by atoms with van der Waals surface area (Å²) in [6.07, 6.45) is 5.32. The van der Waals surface area contributed by atoms with E-state index >= 15 is 0 Å². The first kappa shape index (κ1) is 18.9. The van der Waals surface area contributed by atoms with Crippen LogP contribution in [0.3, 0.4) is 0 Å². The van der Waals surface area contributed by atoms with Crippen LogP contribution in [0.25, 0.3) is 5.69 Å². The van der Waals surface area contributed by atoms with Gasteiger partial charge in [0.25, 0.3) is 0 Å². The maximum atomic E-state index is 12.1. The molecule has 0 aliphatic heterocycles. The molecule has 0 aliphatic rings. The van der Waals surface area contributed by atoms with Crippen molar-refractivity contribution in [2.75, 3.05) is 6.54 Å². The Hall–Kier alpha value is -2.88. The number of rotatable bonds is 9. The summed E-state index contributed by atoms with van der Waals surface area (Å²) in [5, 5.41) is 7.59. The van der Waals surface area contributed by atoms with Crippen LogP contribution in [-0.2, 0) is 17.6 Å². The maximum absolute atomic E-state index is 12.1. The second-order valence-electron chi connectivity index (χ2n) is 7.02. The van der Waals surface area contributed by atoms with E-state index in [0.29, 0.717) is 18.9 Å². The molecule has 1 heterocycles. The van der Waals surface area contributed by atoms with Gasteiger partial charge >= 0.3 is 0 Å². The average Bonchev–Trinajstić information content (AvgIpc) is 3.17. The third kappa shape index (κ3) is 6.10. The van der Waals surface area contributed by atoms with Gasteiger partial charge in [0, 0.05) is 25.6 Å². The normalized spacial score (nSPS) is 11.9. The Labute approximate surface area is 161 Å². The number of nitrogens with one attached hydrogen (secondary N) is 1. The van der Waals surface area contributed by atoms with Crippen molar-refractivity contribution in [1.29, 1.82) is 0 Å². The summed E-state index contributed by atoms with van der Waals surface area (Å²) < 4.78 is 1.86. The Morgan fingerprint density at radius 2 is 1.70 bits per heavy atom. The molecule has 4 heteroatoms. The van der Waals surface area contributed by atoms with Crippen molar-refractivity contribution in [3.05, 3.63) is 84.2 Å². The van der Waals surface area contributed by atoms with Crippen molar-refractivity contribution < 1.29 is 4.79 Å². The van der Waals surface area contributed by atoms with E-state index < -0.39 is 0 Å². The van der Waals surface area contributed by atoms with Crippen LogP contribution >= 0.6 is 0 Å². The Morgan fingerprint density at radius 1 is 1.00 bits per heavy atom. The van der Waals surface area contributed by atoms with E-state index in [9.17, 15) is 4.79 Å². The predicted octanol–water partition coefficient (Wildman–Crippen LogP) is 4.19. The highest BCUT2D eigenvalue weighted by molar-refractivity contribution is 5.76. The summed E-state index contributed by atoms with van der Waals surface area (Å²) in [5.74, 6) is 0.501. The molecule has 27 heavy (non-hydrogen) atoms. The van der Waals surface area contributed by atoms with E-state index in [1.807, 2.05) is 53.3 Å². The minimum absolute atomic E-state index is 0.123. The molecular weight excluding hydrogens is 334 g/mol. The van der Waals surface area contributed by atoms with Crippen molar-refractivity contribution in [3.8, 4) is 5.69 Å². The molecule has 1 atom stereocenters. The Bertz CT molecular complexity index is 827. The third-order valence-corrected chi connectivity index (χ3v) is 4.67. The molecule has 0 radical (unpaired) electrons. The summed E-state index contributed by atoms with van der Waals surface area (Å²) in [5.41, 5.74) is 3.36. The van der Waals surface area contributed by atoms with E-state index in [1.54, 1.807) is 0 Å². The number of para-hydroxylation sites is 1. The van der Waals surface area contributed by atoms with Crippen LogP contribution in [0.4, 0.5) is 0 Å². The standard InChI is InChI=1S/C23H27N3O/c1-19(12-13-20-8-4-2-5-9-20)18-23(27)24-16-14-21-15-17-26(25-21)22-10-6-3-7-11-22/h2-11,15,17,19H,12-14,16,18H2,1H3,(H,24,27). The molecule has 0 saturated heterocycles. The van der Waals surface area contributed by atoms with E-state index in [1.165, 1.54) is 5.56 Å². The van der Waals surface area contributed by atoms with Crippen LogP contribution in [0.2, 0.25) is 0 Å². The molecule has 0 saturated carbocycles. The third-order valence-electron chi connectivity index (χ3n) is 4.67. The lowest BCUT2D eigenvalue weighted by Gasteiger charge is -2.11. The number of benzene rings is 2. The topological polar surface area (TPSA) is 46.9 Å². The highest BCUT2D eigenvalue weighted by Crippen LogP contribution is 2.12. The summed E-state index contributed by atoms with van der Waals surface area (Å²) in [6.45, 7) is 2.76. The van der Waals surface area contributed by atoms with E-state index in [4.69, 9.17) is 0 Å². The number of aromatic nitrogens is 2. The monoisotopic (exact) mass is 361 g/mol. The quantitative estimate of drug-likeness (QED) is 0.621. The van der Waals surface area contributed by atoms with Crippen molar-refractivity contribution in [1.82, 2.24) is 15.1 Å². The molecule has 1 amide bonds. The van der Waals surface area contributed by atoms with Gasteiger partial charge in [-0.3, -0.25) is 4.79 Å². The lowest BCUT2D eigenvalue weighted by molar-refractivity contribution is -0.121. The number of carbonyl (C=O) groups is 1. The molecule has 3 aromatic rings. The van der Waals surface area contributed by atoms with Gasteiger partial charge in [0.1, 0.15) is 0 Å². The minimum atomic E-state index is 0.123. The van der Waals surface area contributed by atoms with Gasteiger partial charge in [-0.25, -0.2) is 4.68 Å². The summed E-state index contributed by atoms with van der Waals surface area (Å²) in [4.78, 5) is 12.1. The van der Waals surface area contributed by atoms with Crippen molar-refractivity contribution in [2.24, 2.45) is 5.92 Å². The highest BCUT2D eigenvalue weighted by Gasteiger charge is 2.09. The van der Waals surface area contributed by atoms with Gasteiger partial charge < -0.3 is 5.32 Å². The van der Waals surface area contributed by atoms with Gasteiger partial charge in [-0.1, -0.05) is 55.5 Å². The number of nitrogens with zero attached hydrogens (tertiary/aromatic N) is 2. The molecule has 0 aliphatic carbocycles. The number of hydrogen-bond donors (Lipinski definition) is 1. The Kier molecular flexibility index (Phi) is 6.80. The number of carbonyl (C=O) groups excluding carboxylic acids is 1. The van der Waals surface area contributed by atoms with Gasteiger partial charge in [-0.15, -0.1) is 0 Å². The first-order valence-electron chi connectivity index (χ1n) is 9.61. The molecule has 140 valence electrons. The first-order valence-corrected chi connectivity index (χ1v) is 9.61. The lowest BCUT2D eigenvalue weighted by Crippen LogP contribution is -2.27. The SMILES string of the molecule is CC(CCc1ccccc1)CC(=O)NCCc1ccn(-c2ccccc2)n1. The van der Waals surface area contributed by atoms with E-state index in [-0.39, 0.29) is 5.91 Å². The minimum Gasteiger partial charge on any atom is -0.356 e. The molecule has 0 spiro atoms. The molecule has 0 bridgehead atoms. The van der Waals surface area contributed by atoms with Gasteiger partial charge in [-0.05, 0) is 42.5 Å². The van der Waals surface area contributed by atoms with Crippen LogP contribution in [-0.4, -0.2) is 22.2 Å². The van der Waals surface area contributed by atoms with E-state index in [0.717, 1.165) is 30.6 Å². The summed E-state index contributed by atoms with van der Waals surface area (Å²) in [7, 11) is 0. The molecule has 0 fully saturated rings. The zero-order valence-electron chi connectivity index (χ0n) is 15.8. The van der Waals surface area contributed by atoms with Crippen LogP contribution in [0.1, 0.15) is 31.0 Å². The molecule has 1 N–H and O–H groups in total. The van der Waals surface area contributed by atoms with Gasteiger partial charge in [0.05, 0.1) is 11.4 Å². The predicted molar refractivity (Wildman–Crippen MR) is 109 cm³/mol.